The monoisotopic (exact) mass is 807 g/mol. The quantitative estimate of drug-likeness (QED) is 0.0346. The molecule has 2 atom stereocenters. The van der Waals surface area contributed by atoms with Crippen molar-refractivity contribution in [3.63, 3.8) is 0 Å². The van der Waals surface area contributed by atoms with E-state index in [2.05, 4.69) is 34.6 Å². The minimum atomic E-state index is -0.761. The van der Waals surface area contributed by atoms with Gasteiger partial charge in [0.15, 0.2) is 6.10 Å². The third-order valence-corrected chi connectivity index (χ3v) is 11.8. The molecule has 57 heavy (non-hydrogen) atoms. The van der Waals surface area contributed by atoms with E-state index in [0.29, 0.717) is 19.3 Å². The molecule has 1 unspecified atom stereocenters. The van der Waals surface area contributed by atoms with E-state index in [4.69, 9.17) is 14.2 Å². The van der Waals surface area contributed by atoms with Crippen LogP contribution in [-0.2, 0) is 28.6 Å². The van der Waals surface area contributed by atoms with Crippen molar-refractivity contribution in [2.75, 3.05) is 13.2 Å². The van der Waals surface area contributed by atoms with Crippen LogP contribution in [0.3, 0.4) is 0 Å². The molecular formula is C51H98O6. The Morgan fingerprint density at radius 3 is 1.00 bits per heavy atom. The van der Waals surface area contributed by atoms with Crippen molar-refractivity contribution in [2.24, 2.45) is 11.8 Å². The van der Waals surface area contributed by atoms with Crippen molar-refractivity contribution in [3.8, 4) is 0 Å². The summed E-state index contributed by atoms with van der Waals surface area (Å²) in [6.07, 6.45) is 43.6. The SMILES string of the molecule is CCCCCCCCCCCCCC(=O)OC[C@@H](COC(=O)CCCCCCCCCCCCC(C)CC)OC(=O)CCCCCCCCCCCCCC(C)C. The molecule has 6 heteroatoms. The van der Waals surface area contributed by atoms with Crippen LogP contribution in [0.4, 0.5) is 0 Å². The summed E-state index contributed by atoms with van der Waals surface area (Å²) in [4.78, 5) is 37.9. The number of hydrogen-bond donors (Lipinski definition) is 0. The first-order valence-electron chi connectivity index (χ1n) is 25.3. The molecule has 0 aromatic heterocycles. The van der Waals surface area contributed by atoms with E-state index in [1.165, 1.54) is 167 Å². The summed E-state index contributed by atoms with van der Waals surface area (Å²) < 4.78 is 16.8. The van der Waals surface area contributed by atoms with Gasteiger partial charge >= 0.3 is 17.9 Å². The Morgan fingerprint density at radius 2 is 0.667 bits per heavy atom. The van der Waals surface area contributed by atoms with Gasteiger partial charge in [-0.15, -0.1) is 0 Å². The summed E-state index contributed by atoms with van der Waals surface area (Å²) in [5.41, 5.74) is 0. The third kappa shape index (κ3) is 43.8. The van der Waals surface area contributed by atoms with Gasteiger partial charge in [-0.05, 0) is 31.1 Å². The predicted octanol–water partition coefficient (Wildman–Crippen LogP) is 16.1. The molecule has 338 valence electrons. The first-order valence-corrected chi connectivity index (χ1v) is 25.3. The molecule has 0 radical (unpaired) electrons. The molecule has 0 heterocycles. The lowest BCUT2D eigenvalue weighted by Crippen LogP contribution is -2.30. The maximum atomic E-state index is 12.8. The van der Waals surface area contributed by atoms with Gasteiger partial charge in [-0.2, -0.15) is 0 Å². The minimum absolute atomic E-state index is 0.0640. The summed E-state index contributed by atoms with van der Waals surface area (Å²) in [7, 11) is 0. The fourth-order valence-electron chi connectivity index (χ4n) is 7.60. The number of unbranched alkanes of at least 4 members (excludes halogenated alkanes) is 29. The molecule has 0 spiro atoms. The van der Waals surface area contributed by atoms with E-state index in [1.54, 1.807) is 0 Å². The van der Waals surface area contributed by atoms with E-state index in [9.17, 15) is 14.4 Å². The number of ether oxygens (including phenoxy) is 3. The van der Waals surface area contributed by atoms with Gasteiger partial charge in [0.25, 0.3) is 0 Å². The van der Waals surface area contributed by atoms with Gasteiger partial charge in [-0.25, -0.2) is 0 Å². The average Bonchev–Trinajstić information content (AvgIpc) is 3.19. The number of hydrogen-bond acceptors (Lipinski definition) is 6. The molecule has 0 saturated heterocycles. The zero-order valence-electron chi connectivity index (χ0n) is 39.0. The first-order chi connectivity index (χ1) is 27.8. The van der Waals surface area contributed by atoms with Crippen molar-refractivity contribution in [3.05, 3.63) is 0 Å². The molecule has 0 aromatic rings. The second-order valence-corrected chi connectivity index (χ2v) is 18.2. The molecule has 0 aromatic carbocycles. The van der Waals surface area contributed by atoms with Crippen LogP contribution in [0.25, 0.3) is 0 Å². The molecule has 0 saturated carbocycles. The first kappa shape index (κ1) is 55.4. The summed E-state index contributed by atoms with van der Waals surface area (Å²) in [5, 5.41) is 0. The Morgan fingerprint density at radius 1 is 0.368 bits per heavy atom. The van der Waals surface area contributed by atoms with Crippen LogP contribution < -0.4 is 0 Å². The average molecular weight is 807 g/mol. The van der Waals surface area contributed by atoms with Crippen molar-refractivity contribution in [1.82, 2.24) is 0 Å². The lowest BCUT2D eigenvalue weighted by atomic mass is 9.99. The summed E-state index contributed by atoms with van der Waals surface area (Å²) in [6, 6.07) is 0. The highest BCUT2D eigenvalue weighted by Crippen LogP contribution is 2.18. The molecule has 0 bridgehead atoms. The molecule has 0 amide bonds. The predicted molar refractivity (Wildman–Crippen MR) is 243 cm³/mol. The van der Waals surface area contributed by atoms with E-state index < -0.39 is 6.10 Å². The van der Waals surface area contributed by atoms with Gasteiger partial charge in [0, 0.05) is 19.3 Å². The zero-order valence-corrected chi connectivity index (χ0v) is 39.0. The Kier molecular flexibility index (Phi) is 42.7. The van der Waals surface area contributed by atoms with Crippen LogP contribution in [0.2, 0.25) is 0 Å². The lowest BCUT2D eigenvalue weighted by Gasteiger charge is -2.18. The second kappa shape index (κ2) is 44.0. The fraction of sp³-hybridized carbons (Fsp3) is 0.941. The number of esters is 3. The Hall–Kier alpha value is -1.59. The Balaban J connectivity index is 4.33. The molecule has 0 aliphatic carbocycles. The largest absolute Gasteiger partial charge is 0.462 e. The summed E-state index contributed by atoms with van der Waals surface area (Å²) in [6.45, 7) is 11.4. The summed E-state index contributed by atoms with van der Waals surface area (Å²) in [5.74, 6) is 0.844. The van der Waals surface area contributed by atoms with Gasteiger partial charge < -0.3 is 14.2 Å². The normalized spacial score (nSPS) is 12.5. The van der Waals surface area contributed by atoms with Crippen molar-refractivity contribution in [1.29, 1.82) is 0 Å². The molecule has 0 rings (SSSR count). The number of carbonyl (C=O) groups excluding carboxylic acids is 3. The minimum Gasteiger partial charge on any atom is -0.462 e. The van der Waals surface area contributed by atoms with E-state index in [-0.39, 0.29) is 31.1 Å². The van der Waals surface area contributed by atoms with Crippen molar-refractivity contribution >= 4 is 17.9 Å². The maximum absolute atomic E-state index is 12.8. The van der Waals surface area contributed by atoms with Crippen molar-refractivity contribution < 1.29 is 28.6 Å². The summed E-state index contributed by atoms with van der Waals surface area (Å²) >= 11 is 0. The van der Waals surface area contributed by atoms with Gasteiger partial charge in [0.2, 0.25) is 0 Å². The smallest absolute Gasteiger partial charge is 0.306 e. The van der Waals surface area contributed by atoms with Crippen LogP contribution in [-0.4, -0.2) is 37.2 Å². The zero-order chi connectivity index (χ0) is 41.9. The van der Waals surface area contributed by atoms with E-state index >= 15 is 0 Å². The highest BCUT2D eigenvalue weighted by atomic mass is 16.6. The van der Waals surface area contributed by atoms with E-state index in [1.807, 2.05) is 0 Å². The Bertz CT molecular complexity index is 872. The van der Waals surface area contributed by atoms with Crippen LogP contribution in [0.5, 0.6) is 0 Å². The number of rotatable bonds is 45. The van der Waals surface area contributed by atoms with Gasteiger partial charge in [0.1, 0.15) is 13.2 Å². The molecule has 0 aliphatic heterocycles. The molecule has 6 nitrogen and oxygen atoms in total. The van der Waals surface area contributed by atoms with Crippen molar-refractivity contribution in [2.45, 2.75) is 285 Å². The number of carbonyl (C=O) groups is 3. The van der Waals surface area contributed by atoms with Crippen LogP contribution in [0.1, 0.15) is 279 Å². The van der Waals surface area contributed by atoms with Crippen LogP contribution in [0.15, 0.2) is 0 Å². The van der Waals surface area contributed by atoms with Gasteiger partial charge in [-0.1, -0.05) is 240 Å². The molecular weight excluding hydrogens is 709 g/mol. The van der Waals surface area contributed by atoms with E-state index in [0.717, 1.165) is 69.6 Å². The Labute approximate surface area is 355 Å². The second-order valence-electron chi connectivity index (χ2n) is 18.2. The maximum Gasteiger partial charge on any atom is 0.306 e. The third-order valence-electron chi connectivity index (χ3n) is 11.8. The van der Waals surface area contributed by atoms with Crippen LogP contribution >= 0.6 is 0 Å². The van der Waals surface area contributed by atoms with Gasteiger partial charge in [-0.3, -0.25) is 14.4 Å². The van der Waals surface area contributed by atoms with Crippen LogP contribution in [0, 0.1) is 11.8 Å². The standard InChI is InChI=1S/C51H98O6/c1-6-8-9-10-11-12-14-21-26-31-36-41-49(52)55-44-48(57-51(54)43-38-33-28-23-16-13-15-19-24-29-34-39-46(3)4)45-56-50(53)42-37-32-27-22-18-17-20-25-30-35-40-47(5)7-2/h46-48H,6-45H2,1-5H3/t47?,48-/m0/s1. The highest BCUT2D eigenvalue weighted by molar-refractivity contribution is 5.71. The fourth-order valence-corrected chi connectivity index (χ4v) is 7.60. The topological polar surface area (TPSA) is 78.9 Å². The lowest BCUT2D eigenvalue weighted by molar-refractivity contribution is -0.167. The molecule has 0 N–H and O–H groups in total. The highest BCUT2D eigenvalue weighted by Gasteiger charge is 2.19. The van der Waals surface area contributed by atoms with Gasteiger partial charge in [0.05, 0.1) is 0 Å². The molecule has 0 aliphatic rings. The molecule has 0 fully saturated rings.